The quantitative estimate of drug-likeness (QED) is 0.705. The molecule has 20 heavy (non-hydrogen) atoms. The summed E-state index contributed by atoms with van der Waals surface area (Å²) in [6.07, 6.45) is 1.16. The van der Waals surface area contributed by atoms with E-state index < -0.39 is 0 Å². The van der Waals surface area contributed by atoms with Crippen molar-refractivity contribution in [2.75, 3.05) is 31.7 Å². The van der Waals surface area contributed by atoms with Crippen LogP contribution in [0.5, 0.6) is 0 Å². The molecule has 3 N–H and O–H groups in total. The fourth-order valence-corrected chi connectivity index (χ4v) is 2.09. The van der Waals surface area contributed by atoms with E-state index in [1.54, 1.807) is 0 Å². The highest BCUT2D eigenvalue weighted by Crippen LogP contribution is 2.21. The number of hydrogen-bond acceptors (Lipinski definition) is 5. The average Bonchev–Trinajstić information content (AvgIpc) is 2.47. The van der Waals surface area contributed by atoms with Gasteiger partial charge < -0.3 is 20.5 Å². The third-order valence-corrected chi connectivity index (χ3v) is 3.14. The number of hydrogen-bond donors (Lipinski definition) is 2. The van der Waals surface area contributed by atoms with Gasteiger partial charge in [0.05, 0.1) is 20.1 Å². The Bertz CT molecular complexity index is 417. The first kappa shape index (κ1) is 16.5. The number of nitrogens with two attached hydrogens (primary N) is 1. The maximum atomic E-state index is 11.3. The Morgan fingerprint density at radius 3 is 2.80 bits per heavy atom. The Kier molecular flexibility index (Phi) is 7.04. The molecule has 0 spiro atoms. The molecule has 0 fully saturated rings. The molecule has 5 heteroatoms. The van der Waals surface area contributed by atoms with Crippen LogP contribution in [0.4, 0.5) is 5.69 Å². The van der Waals surface area contributed by atoms with Crippen LogP contribution in [0.15, 0.2) is 24.3 Å². The molecule has 0 radical (unpaired) electrons. The molecule has 0 aliphatic rings. The molecule has 0 bridgehead atoms. The molecule has 0 saturated carbocycles. The summed E-state index contributed by atoms with van der Waals surface area (Å²) in [4.78, 5) is 13.4. The molecule has 0 aromatic heterocycles. The zero-order chi connectivity index (χ0) is 15.0. The zero-order valence-electron chi connectivity index (χ0n) is 12.2. The summed E-state index contributed by atoms with van der Waals surface area (Å²) in [6, 6.07) is 7.40. The van der Waals surface area contributed by atoms with Crippen molar-refractivity contribution < 1.29 is 14.6 Å². The largest absolute Gasteiger partial charge is 0.469 e. The number of rotatable bonds is 8. The van der Waals surface area contributed by atoms with Gasteiger partial charge in [0.25, 0.3) is 0 Å². The highest BCUT2D eigenvalue weighted by atomic mass is 16.5. The van der Waals surface area contributed by atoms with Gasteiger partial charge in [0, 0.05) is 24.8 Å². The smallest absolute Gasteiger partial charge is 0.307 e. The van der Waals surface area contributed by atoms with Crippen molar-refractivity contribution >= 4 is 11.7 Å². The van der Waals surface area contributed by atoms with E-state index in [4.69, 9.17) is 10.8 Å². The maximum absolute atomic E-state index is 11.3. The van der Waals surface area contributed by atoms with Crippen LogP contribution in [-0.2, 0) is 9.53 Å². The van der Waals surface area contributed by atoms with Crippen LogP contribution >= 0.6 is 0 Å². The third-order valence-electron chi connectivity index (χ3n) is 3.14. The van der Waals surface area contributed by atoms with Crippen LogP contribution < -0.4 is 10.6 Å². The van der Waals surface area contributed by atoms with E-state index in [0.717, 1.165) is 24.2 Å². The Labute approximate surface area is 120 Å². The zero-order valence-corrected chi connectivity index (χ0v) is 12.2. The SMILES string of the molecule is CCCN(CCO)c1cccc([C@@H](N)CC(=O)OC)c1. The number of carbonyl (C=O) groups is 1. The van der Waals surface area contributed by atoms with Gasteiger partial charge in [-0.1, -0.05) is 19.1 Å². The number of aliphatic hydroxyl groups excluding tert-OH is 1. The van der Waals surface area contributed by atoms with Gasteiger partial charge in [0.15, 0.2) is 0 Å². The average molecular weight is 280 g/mol. The first-order valence-electron chi connectivity index (χ1n) is 6.90. The Morgan fingerprint density at radius 1 is 1.45 bits per heavy atom. The van der Waals surface area contributed by atoms with E-state index in [-0.39, 0.29) is 25.0 Å². The normalized spacial score (nSPS) is 12.0. The molecule has 1 atom stereocenters. The lowest BCUT2D eigenvalue weighted by Crippen LogP contribution is -2.27. The number of methoxy groups -OCH3 is 1. The van der Waals surface area contributed by atoms with Gasteiger partial charge in [-0.25, -0.2) is 0 Å². The minimum absolute atomic E-state index is 0.110. The molecular formula is C15H24N2O3. The molecule has 0 unspecified atom stereocenters. The molecular weight excluding hydrogens is 256 g/mol. The molecule has 1 aromatic carbocycles. The minimum Gasteiger partial charge on any atom is -0.469 e. The number of benzene rings is 1. The van der Waals surface area contributed by atoms with Crippen molar-refractivity contribution in [2.45, 2.75) is 25.8 Å². The van der Waals surface area contributed by atoms with Gasteiger partial charge in [-0.15, -0.1) is 0 Å². The minimum atomic E-state index is -0.375. The fourth-order valence-electron chi connectivity index (χ4n) is 2.09. The Morgan fingerprint density at radius 2 is 2.20 bits per heavy atom. The van der Waals surface area contributed by atoms with Crippen molar-refractivity contribution in [1.82, 2.24) is 0 Å². The van der Waals surface area contributed by atoms with Crippen molar-refractivity contribution in [2.24, 2.45) is 5.73 Å². The number of ether oxygens (including phenoxy) is 1. The molecule has 0 saturated heterocycles. The molecule has 0 amide bonds. The van der Waals surface area contributed by atoms with Crippen LogP contribution in [0.1, 0.15) is 31.4 Å². The predicted octanol–water partition coefficient (Wildman–Crippen LogP) is 1.46. The molecule has 5 nitrogen and oxygen atoms in total. The van der Waals surface area contributed by atoms with E-state index in [0.29, 0.717) is 6.54 Å². The van der Waals surface area contributed by atoms with E-state index in [1.165, 1.54) is 7.11 Å². The van der Waals surface area contributed by atoms with Gasteiger partial charge in [-0.05, 0) is 24.1 Å². The Hall–Kier alpha value is -1.59. The number of nitrogens with zero attached hydrogens (tertiary/aromatic N) is 1. The molecule has 0 aliphatic heterocycles. The highest BCUT2D eigenvalue weighted by Gasteiger charge is 2.13. The molecule has 0 heterocycles. The Balaban J connectivity index is 2.85. The lowest BCUT2D eigenvalue weighted by molar-refractivity contribution is -0.141. The second-order valence-corrected chi connectivity index (χ2v) is 4.69. The number of carbonyl (C=O) groups excluding carboxylic acids is 1. The van der Waals surface area contributed by atoms with Crippen molar-refractivity contribution in [3.8, 4) is 0 Å². The van der Waals surface area contributed by atoms with Crippen LogP contribution in [0, 0.1) is 0 Å². The summed E-state index contributed by atoms with van der Waals surface area (Å²) in [5.41, 5.74) is 7.93. The van der Waals surface area contributed by atoms with Gasteiger partial charge in [-0.2, -0.15) is 0 Å². The van der Waals surface area contributed by atoms with Crippen LogP contribution in [0.25, 0.3) is 0 Å². The van der Waals surface area contributed by atoms with Gasteiger partial charge in [0.1, 0.15) is 0 Å². The van der Waals surface area contributed by atoms with Gasteiger partial charge in [-0.3, -0.25) is 4.79 Å². The lowest BCUT2D eigenvalue weighted by Gasteiger charge is -2.24. The van der Waals surface area contributed by atoms with Gasteiger partial charge in [0.2, 0.25) is 0 Å². The fraction of sp³-hybridized carbons (Fsp3) is 0.533. The van der Waals surface area contributed by atoms with Crippen LogP contribution in [0.3, 0.4) is 0 Å². The number of esters is 1. The maximum Gasteiger partial charge on any atom is 0.307 e. The van der Waals surface area contributed by atoms with E-state index in [2.05, 4.69) is 16.6 Å². The molecule has 1 rings (SSSR count). The summed E-state index contributed by atoms with van der Waals surface area (Å²) >= 11 is 0. The first-order valence-corrected chi connectivity index (χ1v) is 6.90. The number of aliphatic hydroxyl groups is 1. The summed E-state index contributed by atoms with van der Waals surface area (Å²) in [7, 11) is 1.36. The second-order valence-electron chi connectivity index (χ2n) is 4.69. The third kappa shape index (κ3) is 4.83. The van der Waals surface area contributed by atoms with Crippen LogP contribution in [-0.4, -0.2) is 37.9 Å². The molecule has 112 valence electrons. The predicted molar refractivity (Wildman–Crippen MR) is 79.6 cm³/mol. The van der Waals surface area contributed by atoms with Crippen molar-refractivity contribution in [1.29, 1.82) is 0 Å². The monoisotopic (exact) mass is 280 g/mol. The lowest BCUT2D eigenvalue weighted by atomic mass is 10.0. The summed E-state index contributed by atoms with van der Waals surface area (Å²) in [5, 5.41) is 9.13. The van der Waals surface area contributed by atoms with E-state index in [9.17, 15) is 4.79 Å². The highest BCUT2D eigenvalue weighted by molar-refractivity contribution is 5.70. The summed E-state index contributed by atoms with van der Waals surface area (Å²) in [5.74, 6) is -0.316. The van der Waals surface area contributed by atoms with Crippen LogP contribution in [0.2, 0.25) is 0 Å². The molecule has 1 aromatic rings. The first-order chi connectivity index (χ1) is 9.62. The standard InChI is InChI=1S/C15H24N2O3/c1-3-7-17(8-9-18)13-6-4-5-12(10-13)14(16)11-15(19)20-2/h4-6,10,14,18H,3,7-9,11,16H2,1-2H3/t14-/m0/s1. The van der Waals surface area contributed by atoms with E-state index >= 15 is 0 Å². The topological polar surface area (TPSA) is 75.8 Å². The molecule has 0 aliphatic carbocycles. The van der Waals surface area contributed by atoms with Crippen molar-refractivity contribution in [3.63, 3.8) is 0 Å². The summed E-state index contributed by atoms with van der Waals surface area (Å²) in [6.45, 7) is 3.66. The summed E-state index contributed by atoms with van der Waals surface area (Å²) < 4.78 is 4.63. The van der Waals surface area contributed by atoms with Crippen molar-refractivity contribution in [3.05, 3.63) is 29.8 Å². The van der Waals surface area contributed by atoms with Gasteiger partial charge >= 0.3 is 5.97 Å². The second kappa shape index (κ2) is 8.55. The number of anilines is 1. The van der Waals surface area contributed by atoms with E-state index in [1.807, 2.05) is 24.3 Å².